The molecule has 0 spiro atoms. The molecule has 3 heterocycles. The molecule has 7 aromatic rings. The van der Waals surface area contributed by atoms with Gasteiger partial charge in [0.2, 0.25) is 5.91 Å². The number of phenols is 2. The SMILES string of the molecule is CCC(=O)Nc1cc(N=Nc2snc3snc(C)c23)c2c(NS(=O)(=O)c3cccc(S(=O)(=O)Nc4ccc(N5CCOCC5)c(S(=O)(=O)Nc5cc(C)c(C)cc5O)c4)c3)cccc2c1O. The molecule has 1 saturated heterocycles. The number of aromatic nitrogens is 2. The van der Waals surface area contributed by atoms with Gasteiger partial charge in [0.15, 0.2) is 9.83 Å². The maximum absolute atomic E-state index is 14.2. The minimum atomic E-state index is -4.60. The Labute approximate surface area is 387 Å². The molecule has 2 aromatic heterocycles. The molecule has 0 aliphatic carbocycles. The third-order valence-electron chi connectivity index (χ3n) is 10.6. The summed E-state index contributed by atoms with van der Waals surface area (Å²) in [7, 11) is -13.6. The van der Waals surface area contributed by atoms with Crippen molar-refractivity contribution >= 4 is 119 Å². The van der Waals surface area contributed by atoms with E-state index in [1.54, 1.807) is 32.6 Å². The molecule has 0 atom stereocenters. The number of phenolic OH excluding ortho intramolecular Hbond substituents is 2. The number of nitrogens with zero attached hydrogens (tertiary/aromatic N) is 5. The minimum absolute atomic E-state index is 0.00825. The Bertz CT molecular complexity index is 3440. The van der Waals surface area contributed by atoms with E-state index < -0.39 is 45.8 Å². The number of hydrogen-bond donors (Lipinski definition) is 6. The second-order valence-electron chi connectivity index (χ2n) is 15.1. The molecule has 1 fully saturated rings. The van der Waals surface area contributed by atoms with Gasteiger partial charge in [-0.05, 0) is 116 Å². The summed E-state index contributed by atoms with van der Waals surface area (Å²) < 4.78 is 106. The lowest BCUT2D eigenvalue weighted by Gasteiger charge is -2.30. The summed E-state index contributed by atoms with van der Waals surface area (Å²) in [5.41, 5.74) is 2.21. The van der Waals surface area contributed by atoms with E-state index in [9.17, 15) is 40.3 Å². The van der Waals surface area contributed by atoms with Gasteiger partial charge >= 0.3 is 0 Å². The number of morpholine rings is 1. The number of rotatable bonds is 14. The number of hydrogen-bond acceptors (Lipinski definition) is 17. The number of carbonyl (C=O) groups excluding carboxylic acids is 1. The Morgan fingerprint density at radius 2 is 1.42 bits per heavy atom. The van der Waals surface area contributed by atoms with Crippen LogP contribution in [0.15, 0.2) is 104 Å². The maximum Gasteiger partial charge on any atom is 0.264 e. The maximum atomic E-state index is 14.2. The molecule has 0 saturated carbocycles. The van der Waals surface area contributed by atoms with Crippen LogP contribution in [-0.2, 0) is 39.6 Å². The lowest BCUT2D eigenvalue weighted by Crippen LogP contribution is -2.37. The van der Waals surface area contributed by atoms with Crippen LogP contribution in [0, 0.1) is 20.8 Å². The van der Waals surface area contributed by atoms with Crippen LogP contribution in [0.2, 0.25) is 0 Å². The first kappa shape index (κ1) is 46.1. The van der Waals surface area contributed by atoms with E-state index in [1.807, 2.05) is 0 Å². The Balaban J connectivity index is 1.13. The van der Waals surface area contributed by atoms with E-state index in [-0.39, 0.29) is 67.7 Å². The van der Waals surface area contributed by atoms with Gasteiger partial charge in [0.25, 0.3) is 30.1 Å². The number of aryl methyl sites for hydroxylation is 3. The fraction of sp³-hybridized carbons (Fsp3) is 0.214. The van der Waals surface area contributed by atoms with Crippen molar-refractivity contribution in [2.45, 2.75) is 48.8 Å². The summed E-state index contributed by atoms with van der Waals surface area (Å²) in [6.45, 7) is 8.32. The van der Waals surface area contributed by atoms with E-state index in [4.69, 9.17) is 4.74 Å². The van der Waals surface area contributed by atoms with E-state index in [1.165, 1.54) is 78.3 Å². The van der Waals surface area contributed by atoms with Crippen molar-refractivity contribution in [2.75, 3.05) is 50.7 Å². The average Bonchev–Trinajstić information content (AvgIpc) is 3.88. The molecule has 344 valence electrons. The van der Waals surface area contributed by atoms with Crippen molar-refractivity contribution in [3.05, 3.63) is 95.7 Å². The van der Waals surface area contributed by atoms with Crippen LogP contribution in [0.5, 0.6) is 11.5 Å². The Kier molecular flexibility index (Phi) is 12.6. The van der Waals surface area contributed by atoms with Gasteiger partial charge in [0.1, 0.15) is 16.4 Å². The molecule has 66 heavy (non-hydrogen) atoms. The fourth-order valence-electron chi connectivity index (χ4n) is 7.08. The predicted octanol–water partition coefficient (Wildman–Crippen LogP) is 8.25. The minimum Gasteiger partial charge on any atom is -0.506 e. The molecule has 5 aromatic carbocycles. The molecule has 0 radical (unpaired) electrons. The number of carbonyl (C=O) groups is 1. The van der Waals surface area contributed by atoms with Crippen LogP contribution in [0.4, 0.5) is 39.1 Å². The lowest BCUT2D eigenvalue weighted by atomic mass is 10.0. The molecule has 8 rings (SSSR count). The number of amides is 1. The van der Waals surface area contributed by atoms with Crippen molar-refractivity contribution < 1.29 is 45.0 Å². The van der Waals surface area contributed by atoms with Gasteiger partial charge in [-0.3, -0.25) is 19.0 Å². The standard InChI is InChI=1S/C42H41N9O10S5/c1-5-37(53)43-33-22-32(44-45-41-38-25(4)46-63-42(38)47-62-41)39-29(40(33)54)10-7-11-30(39)49-65(57,58)28-9-6-8-27(21-28)64(55,56)48-26-12-13-34(51-14-16-61-17-15-51)36(20-26)66(59,60)50-31-18-23(2)24(3)19-35(31)52/h6-13,18-22,48-50,52,54H,5,14-17H2,1-4H3,(H,43,53). The van der Waals surface area contributed by atoms with Gasteiger partial charge in [0.05, 0.1) is 68.2 Å². The van der Waals surface area contributed by atoms with Gasteiger partial charge in [-0.15, -0.1) is 10.2 Å². The number of fused-ring (bicyclic) bond motifs is 2. The summed E-state index contributed by atoms with van der Waals surface area (Å²) >= 11 is 2.29. The number of azo groups is 1. The lowest BCUT2D eigenvalue weighted by molar-refractivity contribution is -0.115. The van der Waals surface area contributed by atoms with Gasteiger partial charge < -0.3 is 25.2 Å². The van der Waals surface area contributed by atoms with Crippen molar-refractivity contribution in [1.82, 2.24) is 8.75 Å². The molecule has 0 unspecified atom stereocenters. The van der Waals surface area contributed by atoms with Gasteiger partial charge in [-0.1, -0.05) is 25.1 Å². The van der Waals surface area contributed by atoms with E-state index in [0.29, 0.717) is 47.2 Å². The quantitative estimate of drug-likeness (QED) is 0.0443. The first-order valence-electron chi connectivity index (χ1n) is 20.0. The van der Waals surface area contributed by atoms with Crippen LogP contribution < -0.4 is 24.4 Å². The normalized spacial score (nSPS) is 13.7. The molecule has 19 nitrogen and oxygen atoms in total. The highest BCUT2D eigenvalue weighted by atomic mass is 32.2. The van der Waals surface area contributed by atoms with Crippen LogP contribution >= 0.6 is 23.1 Å². The molecule has 24 heteroatoms. The number of anilines is 5. The Hall–Kier alpha value is -6.44. The number of ether oxygens (including phenoxy) is 1. The topological polar surface area (TPSA) is 271 Å². The Morgan fingerprint density at radius 3 is 2.15 bits per heavy atom. The summed E-state index contributed by atoms with van der Waals surface area (Å²) in [5.74, 6) is -1.07. The number of nitrogens with one attached hydrogen (secondary N) is 4. The second kappa shape index (κ2) is 18.1. The smallest absolute Gasteiger partial charge is 0.264 e. The number of aromatic hydroxyl groups is 2. The van der Waals surface area contributed by atoms with E-state index >= 15 is 0 Å². The van der Waals surface area contributed by atoms with Crippen LogP contribution in [-0.4, -0.2) is 76.4 Å². The van der Waals surface area contributed by atoms with Crippen LogP contribution in [0.1, 0.15) is 30.2 Å². The van der Waals surface area contributed by atoms with Crippen molar-refractivity contribution in [3.8, 4) is 11.5 Å². The molecule has 6 N–H and O–H groups in total. The van der Waals surface area contributed by atoms with E-state index in [0.717, 1.165) is 34.8 Å². The van der Waals surface area contributed by atoms with Gasteiger partial charge in [-0.2, -0.15) is 8.75 Å². The van der Waals surface area contributed by atoms with Crippen LogP contribution in [0.3, 0.4) is 0 Å². The first-order valence-corrected chi connectivity index (χ1v) is 26.0. The zero-order valence-corrected chi connectivity index (χ0v) is 39.6. The zero-order valence-electron chi connectivity index (χ0n) is 35.5. The Morgan fingerprint density at radius 1 is 0.742 bits per heavy atom. The van der Waals surface area contributed by atoms with Crippen molar-refractivity contribution in [3.63, 3.8) is 0 Å². The molecule has 1 aliphatic heterocycles. The average molecular weight is 992 g/mol. The highest BCUT2D eigenvalue weighted by Crippen LogP contribution is 2.45. The molecular formula is C42H41N9O10S5. The second-order valence-corrected chi connectivity index (χ2v) is 21.6. The third-order valence-corrected chi connectivity index (χ3v) is 16.4. The van der Waals surface area contributed by atoms with Crippen molar-refractivity contribution in [2.24, 2.45) is 10.2 Å². The molecule has 1 amide bonds. The highest BCUT2D eigenvalue weighted by Gasteiger charge is 2.28. The predicted molar refractivity (Wildman–Crippen MR) is 255 cm³/mol. The van der Waals surface area contributed by atoms with E-state index in [2.05, 4.69) is 38.5 Å². The largest absolute Gasteiger partial charge is 0.506 e. The fourth-order valence-corrected chi connectivity index (χ4v) is 12.3. The molecular weight excluding hydrogens is 951 g/mol. The summed E-state index contributed by atoms with van der Waals surface area (Å²) in [5, 5.41) is 34.8. The third kappa shape index (κ3) is 9.32. The highest BCUT2D eigenvalue weighted by molar-refractivity contribution is 7.93. The number of benzene rings is 5. The van der Waals surface area contributed by atoms with Crippen molar-refractivity contribution in [1.29, 1.82) is 0 Å². The zero-order chi connectivity index (χ0) is 47.1. The summed E-state index contributed by atoms with van der Waals surface area (Å²) in [6, 6.07) is 17.2. The first-order chi connectivity index (χ1) is 31.3. The monoisotopic (exact) mass is 991 g/mol. The van der Waals surface area contributed by atoms with Gasteiger partial charge in [0, 0.05) is 30.3 Å². The van der Waals surface area contributed by atoms with Gasteiger partial charge in [-0.25, -0.2) is 25.3 Å². The number of sulfonamides is 3. The summed E-state index contributed by atoms with van der Waals surface area (Å²) in [6.07, 6.45) is 0.101. The molecule has 1 aliphatic rings. The molecule has 0 bridgehead atoms. The summed E-state index contributed by atoms with van der Waals surface area (Å²) in [4.78, 5) is 13.7. The van der Waals surface area contributed by atoms with Crippen LogP contribution in [0.25, 0.3) is 21.0 Å².